The Labute approximate surface area is 178 Å². The van der Waals surface area contributed by atoms with E-state index >= 15 is 0 Å². The van der Waals surface area contributed by atoms with Crippen LogP contribution in [0.5, 0.6) is 5.75 Å². The molecule has 158 valence electrons. The Balaban J connectivity index is 1.68. The third kappa shape index (κ3) is 5.57. The van der Waals surface area contributed by atoms with Crippen molar-refractivity contribution in [1.82, 2.24) is 0 Å². The third-order valence-electron chi connectivity index (χ3n) is 4.31. The normalized spacial score (nSPS) is 10.1. The fourth-order valence-corrected chi connectivity index (χ4v) is 2.84. The number of nitro benzene ring substituents is 1. The summed E-state index contributed by atoms with van der Waals surface area (Å²) in [6, 6.07) is 19.5. The molecule has 0 unspecified atom stereocenters. The van der Waals surface area contributed by atoms with E-state index in [1.165, 1.54) is 19.2 Å². The van der Waals surface area contributed by atoms with Crippen molar-refractivity contribution in [2.75, 3.05) is 29.6 Å². The molecule has 0 aliphatic rings. The molecule has 0 spiro atoms. The van der Waals surface area contributed by atoms with E-state index in [9.17, 15) is 19.7 Å². The number of amides is 2. The first-order valence-electron chi connectivity index (χ1n) is 9.29. The number of nitrogens with zero attached hydrogens (tertiary/aromatic N) is 1. The molecule has 0 aromatic heterocycles. The van der Waals surface area contributed by atoms with Crippen molar-refractivity contribution in [3.63, 3.8) is 0 Å². The molecule has 0 saturated carbocycles. The van der Waals surface area contributed by atoms with Crippen LogP contribution in [0.4, 0.5) is 22.7 Å². The van der Waals surface area contributed by atoms with E-state index < -0.39 is 16.7 Å². The SMILES string of the molecule is COc1cccc(NC(=O)c2ccccc2NC(=O)CNc2ccccc2[N+](=O)[O-])c1. The van der Waals surface area contributed by atoms with Crippen molar-refractivity contribution in [2.45, 2.75) is 0 Å². The first-order chi connectivity index (χ1) is 15.0. The van der Waals surface area contributed by atoms with Crippen LogP contribution in [0.3, 0.4) is 0 Å². The minimum absolute atomic E-state index is 0.131. The lowest BCUT2D eigenvalue weighted by Crippen LogP contribution is -2.24. The summed E-state index contributed by atoms with van der Waals surface area (Å²) in [5.41, 5.74) is 1.23. The Morgan fingerprint density at radius 3 is 2.39 bits per heavy atom. The molecule has 9 heteroatoms. The topological polar surface area (TPSA) is 123 Å². The fraction of sp³-hybridized carbons (Fsp3) is 0.0909. The Bertz CT molecular complexity index is 1120. The lowest BCUT2D eigenvalue weighted by atomic mass is 10.1. The van der Waals surface area contributed by atoms with Gasteiger partial charge >= 0.3 is 0 Å². The molecule has 0 aliphatic heterocycles. The van der Waals surface area contributed by atoms with E-state index in [0.717, 1.165) is 0 Å². The lowest BCUT2D eigenvalue weighted by molar-refractivity contribution is -0.383. The molecule has 3 rings (SSSR count). The van der Waals surface area contributed by atoms with Gasteiger partial charge in [-0.25, -0.2) is 0 Å². The van der Waals surface area contributed by atoms with Crippen LogP contribution < -0.4 is 20.7 Å². The molecule has 0 fully saturated rings. The average molecular weight is 420 g/mol. The zero-order valence-electron chi connectivity index (χ0n) is 16.6. The number of hydrogen-bond donors (Lipinski definition) is 3. The molecule has 3 aromatic rings. The van der Waals surface area contributed by atoms with Crippen LogP contribution in [0.25, 0.3) is 0 Å². The maximum absolute atomic E-state index is 12.7. The largest absolute Gasteiger partial charge is 0.497 e. The highest BCUT2D eigenvalue weighted by Crippen LogP contribution is 2.23. The molecule has 3 aromatic carbocycles. The molecule has 31 heavy (non-hydrogen) atoms. The van der Waals surface area contributed by atoms with Gasteiger partial charge in [-0.2, -0.15) is 0 Å². The Kier molecular flexibility index (Phi) is 6.79. The van der Waals surface area contributed by atoms with Crippen LogP contribution in [0, 0.1) is 10.1 Å². The van der Waals surface area contributed by atoms with Gasteiger partial charge < -0.3 is 20.7 Å². The quantitative estimate of drug-likeness (QED) is 0.375. The fourth-order valence-electron chi connectivity index (χ4n) is 2.84. The standard InChI is InChI=1S/C22H20N4O5/c1-31-16-8-6-7-15(13-16)24-22(28)17-9-2-3-10-18(17)25-21(27)14-23-19-11-4-5-12-20(19)26(29)30/h2-13,23H,14H2,1H3,(H,24,28)(H,25,27). The molecule has 0 atom stereocenters. The van der Waals surface area contributed by atoms with Gasteiger partial charge in [-0.1, -0.05) is 30.3 Å². The van der Waals surface area contributed by atoms with E-state index in [1.807, 2.05) is 0 Å². The van der Waals surface area contributed by atoms with E-state index in [-0.39, 0.29) is 23.5 Å². The van der Waals surface area contributed by atoms with Gasteiger partial charge in [0.1, 0.15) is 11.4 Å². The van der Waals surface area contributed by atoms with Crippen molar-refractivity contribution in [3.05, 3.63) is 88.5 Å². The summed E-state index contributed by atoms with van der Waals surface area (Å²) in [6.07, 6.45) is 0. The van der Waals surface area contributed by atoms with Crippen molar-refractivity contribution in [3.8, 4) is 5.75 Å². The van der Waals surface area contributed by atoms with Crippen LogP contribution >= 0.6 is 0 Å². The molecule has 0 heterocycles. The van der Waals surface area contributed by atoms with Crippen LogP contribution in [0.1, 0.15) is 10.4 Å². The first-order valence-corrected chi connectivity index (χ1v) is 9.29. The lowest BCUT2D eigenvalue weighted by Gasteiger charge is -2.13. The smallest absolute Gasteiger partial charge is 0.292 e. The van der Waals surface area contributed by atoms with Gasteiger partial charge in [0.15, 0.2) is 0 Å². The molecule has 0 bridgehead atoms. The van der Waals surface area contributed by atoms with Gasteiger partial charge in [0, 0.05) is 17.8 Å². The number of rotatable bonds is 8. The number of ether oxygens (including phenoxy) is 1. The molecule has 9 nitrogen and oxygen atoms in total. The molecule has 0 aliphatic carbocycles. The van der Waals surface area contributed by atoms with Gasteiger partial charge in [-0.3, -0.25) is 19.7 Å². The molecular weight excluding hydrogens is 400 g/mol. The zero-order chi connectivity index (χ0) is 22.2. The number of nitrogens with one attached hydrogen (secondary N) is 3. The van der Waals surface area contributed by atoms with Crippen molar-refractivity contribution in [1.29, 1.82) is 0 Å². The van der Waals surface area contributed by atoms with E-state index in [0.29, 0.717) is 17.1 Å². The highest BCUT2D eigenvalue weighted by molar-refractivity contribution is 6.10. The highest BCUT2D eigenvalue weighted by Gasteiger charge is 2.16. The number of nitro groups is 1. The second-order valence-electron chi connectivity index (χ2n) is 6.41. The molecule has 0 saturated heterocycles. The van der Waals surface area contributed by atoms with Gasteiger partial charge in [0.2, 0.25) is 5.91 Å². The van der Waals surface area contributed by atoms with Crippen LogP contribution in [0.15, 0.2) is 72.8 Å². The Morgan fingerprint density at radius 2 is 1.65 bits per heavy atom. The summed E-state index contributed by atoms with van der Waals surface area (Å²) >= 11 is 0. The number of anilines is 3. The van der Waals surface area contributed by atoms with Crippen LogP contribution in [-0.4, -0.2) is 30.4 Å². The Hall–Kier alpha value is -4.40. The van der Waals surface area contributed by atoms with E-state index in [4.69, 9.17) is 4.74 Å². The van der Waals surface area contributed by atoms with Crippen LogP contribution in [-0.2, 0) is 4.79 Å². The monoisotopic (exact) mass is 420 g/mol. The number of carbonyl (C=O) groups excluding carboxylic acids is 2. The predicted octanol–water partition coefficient (Wildman–Crippen LogP) is 3.91. The summed E-state index contributed by atoms with van der Waals surface area (Å²) in [7, 11) is 1.53. The second kappa shape index (κ2) is 9.88. The molecule has 0 radical (unpaired) electrons. The highest BCUT2D eigenvalue weighted by atomic mass is 16.6. The average Bonchev–Trinajstić information content (AvgIpc) is 2.78. The van der Waals surface area contributed by atoms with Crippen molar-refractivity contribution < 1.29 is 19.2 Å². The van der Waals surface area contributed by atoms with Gasteiger partial charge in [0.05, 0.1) is 29.8 Å². The number of carbonyl (C=O) groups is 2. The Morgan fingerprint density at radius 1 is 0.935 bits per heavy atom. The minimum Gasteiger partial charge on any atom is -0.497 e. The van der Waals surface area contributed by atoms with E-state index in [1.54, 1.807) is 60.7 Å². The summed E-state index contributed by atoms with van der Waals surface area (Å²) in [4.78, 5) is 35.7. The molecule has 2 amide bonds. The second-order valence-corrected chi connectivity index (χ2v) is 6.41. The summed E-state index contributed by atoms with van der Waals surface area (Å²) in [6.45, 7) is -0.212. The predicted molar refractivity (Wildman–Crippen MR) is 118 cm³/mol. The van der Waals surface area contributed by atoms with Crippen molar-refractivity contribution >= 4 is 34.6 Å². The van der Waals surface area contributed by atoms with E-state index in [2.05, 4.69) is 16.0 Å². The number of para-hydroxylation sites is 3. The van der Waals surface area contributed by atoms with Gasteiger partial charge in [0.25, 0.3) is 11.6 Å². The summed E-state index contributed by atoms with van der Waals surface area (Å²) in [5.74, 6) is -0.268. The number of hydrogen-bond acceptors (Lipinski definition) is 6. The van der Waals surface area contributed by atoms with Gasteiger partial charge in [-0.05, 0) is 30.3 Å². The third-order valence-corrected chi connectivity index (χ3v) is 4.31. The summed E-state index contributed by atoms with van der Waals surface area (Å²) < 4.78 is 5.15. The molecular formula is C22H20N4O5. The molecule has 3 N–H and O–H groups in total. The van der Waals surface area contributed by atoms with Gasteiger partial charge in [-0.15, -0.1) is 0 Å². The maximum atomic E-state index is 12.7. The summed E-state index contributed by atoms with van der Waals surface area (Å²) in [5, 5.41) is 19.3. The number of methoxy groups -OCH3 is 1. The number of benzene rings is 3. The maximum Gasteiger partial charge on any atom is 0.292 e. The minimum atomic E-state index is -0.529. The van der Waals surface area contributed by atoms with Crippen molar-refractivity contribution in [2.24, 2.45) is 0 Å². The zero-order valence-corrected chi connectivity index (χ0v) is 16.6. The van der Waals surface area contributed by atoms with Crippen LogP contribution in [0.2, 0.25) is 0 Å². The first kappa shape index (κ1) is 21.3.